The first kappa shape index (κ1) is 19.7. The van der Waals surface area contributed by atoms with Gasteiger partial charge in [0, 0.05) is 11.3 Å². The van der Waals surface area contributed by atoms with Crippen LogP contribution in [0, 0.1) is 13.8 Å². The molecule has 1 unspecified atom stereocenters. The number of rotatable bonds is 7. The molecule has 0 spiro atoms. The molecule has 0 aliphatic rings. The van der Waals surface area contributed by atoms with Gasteiger partial charge in [0.15, 0.2) is 6.04 Å². The van der Waals surface area contributed by atoms with Crippen LogP contribution in [-0.2, 0) is 16.1 Å². The highest BCUT2D eigenvalue weighted by molar-refractivity contribution is 5.96. The zero-order valence-corrected chi connectivity index (χ0v) is 15.9. The van der Waals surface area contributed by atoms with Crippen molar-refractivity contribution in [1.29, 1.82) is 0 Å². The summed E-state index contributed by atoms with van der Waals surface area (Å²) in [4.78, 5) is 25.6. The van der Waals surface area contributed by atoms with Crippen molar-refractivity contribution in [1.82, 2.24) is 5.32 Å². The third-order valence-corrected chi connectivity index (χ3v) is 4.63. The van der Waals surface area contributed by atoms with Crippen LogP contribution in [0.25, 0.3) is 0 Å². The largest absolute Gasteiger partial charge is 0.342 e. The molecule has 0 saturated carbocycles. The molecule has 26 heavy (non-hydrogen) atoms. The molecule has 0 saturated heterocycles. The molecule has 0 heterocycles. The van der Waals surface area contributed by atoms with Gasteiger partial charge < -0.3 is 15.5 Å². The SMILES string of the molecule is Cc1cccc(C)c1NC(=O)CNC(=O)[C@@H](C)[NH+](C)Cc1ccccc1. The molecular formula is C21H28N3O2+. The Hall–Kier alpha value is -2.66. The number of nitrogens with one attached hydrogen (secondary N) is 3. The van der Waals surface area contributed by atoms with Crippen LogP contribution in [0.1, 0.15) is 23.6 Å². The quantitative estimate of drug-likeness (QED) is 0.705. The van der Waals surface area contributed by atoms with Crippen LogP contribution in [0.5, 0.6) is 0 Å². The van der Waals surface area contributed by atoms with E-state index in [9.17, 15) is 9.59 Å². The summed E-state index contributed by atoms with van der Waals surface area (Å²) in [6, 6.07) is 15.7. The fourth-order valence-corrected chi connectivity index (χ4v) is 2.81. The molecule has 0 fully saturated rings. The molecule has 2 rings (SSSR count). The predicted molar refractivity (Wildman–Crippen MR) is 104 cm³/mol. The lowest BCUT2D eigenvalue weighted by Crippen LogP contribution is -3.12. The highest BCUT2D eigenvalue weighted by Crippen LogP contribution is 2.18. The second kappa shape index (κ2) is 9.15. The number of amides is 2. The van der Waals surface area contributed by atoms with Crippen molar-refractivity contribution in [2.24, 2.45) is 0 Å². The van der Waals surface area contributed by atoms with Gasteiger partial charge in [0.05, 0.1) is 13.6 Å². The topological polar surface area (TPSA) is 62.6 Å². The lowest BCUT2D eigenvalue weighted by atomic mass is 10.1. The molecule has 138 valence electrons. The number of anilines is 1. The lowest BCUT2D eigenvalue weighted by Gasteiger charge is -2.21. The Morgan fingerprint density at radius 2 is 1.62 bits per heavy atom. The van der Waals surface area contributed by atoms with Gasteiger partial charge in [-0.25, -0.2) is 0 Å². The molecule has 0 bridgehead atoms. The van der Waals surface area contributed by atoms with E-state index in [1.165, 1.54) is 5.56 Å². The molecule has 0 radical (unpaired) electrons. The average molecular weight is 354 g/mol. The normalized spacial score (nSPS) is 12.9. The van der Waals surface area contributed by atoms with Gasteiger partial charge >= 0.3 is 0 Å². The van der Waals surface area contributed by atoms with Gasteiger partial charge in [-0.05, 0) is 31.9 Å². The molecule has 0 aromatic heterocycles. The first-order chi connectivity index (χ1) is 12.4. The number of carbonyl (C=O) groups is 2. The fourth-order valence-electron chi connectivity index (χ4n) is 2.81. The van der Waals surface area contributed by atoms with Crippen molar-refractivity contribution in [3.63, 3.8) is 0 Å². The Balaban J connectivity index is 1.84. The Morgan fingerprint density at radius 3 is 2.23 bits per heavy atom. The standard InChI is InChI=1S/C21H27N3O2/c1-15-9-8-10-16(2)20(15)23-19(25)13-22-21(26)17(3)24(4)14-18-11-6-5-7-12-18/h5-12,17H,13-14H2,1-4H3,(H,22,26)(H,23,25)/p+1/t17-/m1/s1. The number of carbonyl (C=O) groups excluding carboxylic acids is 2. The van der Waals surface area contributed by atoms with Crippen molar-refractivity contribution in [2.75, 3.05) is 18.9 Å². The zero-order chi connectivity index (χ0) is 19.1. The summed E-state index contributed by atoms with van der Waals surface area (Å²) in [6.45, 7) is 6.49. The van der Waals surface area contributed by atoms with E-state index in [4.69, 9.17) is 0 Å². The molecule has 2 aromatic rings. The van der Waals surface area contributed by atoms with Gasteiger partial charge in [0.1, 0.15) is 6.54 Å². The van der Waals surface area contributed by atoms with Crippen LogP contribution < -0.4 is 15.5 Å². The Morgan fingerprint density at radius 1 is 1.00 bits per heavy atom. The third kappa shape index (κ3) is 5.43. The van der Waals surface area contributed by atoms with Crippen LogP contribution in [0.2, 0.25) is 0 Å². The van der Waals surface area contributed by atoms with Gasteiger partial charge in [-0.15, -0.1) is 0 Å². The van der Waals surface area contributed by atoms with E-state index in [0.29, 0.717) is 0 Å². The van der Waals surface area contributed by atoms with Gasteiger partial charge in [0.25, 0.3) is 5.91 Å². The van der Waals surface area contributed by atoms with Crippen LogP contribution >= 0.6 is 0 Å². The molecule has 2 amide bonds. The first-order valence-corrected chi connectivity index (χ1v) is 8.88. The predicted octanol–water partition coefficient (Wildman–Crippen LogP) is 1.46. The van der Waals surface area contributed by atoms with Crippen molar-refractivity contribution >= 4 is 17.5 Å². The number of benzene rings is 2. The number of likely N-dealkylation sites (N-methyl/N-ethyl adjacent to an activating group) is 1. The summed E-state index contributed by atoms with van der Waals surface area (Å²) in [7, 11) is 1.98. The minimum atomic E-state index is -0.247. The maximum Gasteiger partial charge on any atom is 0.278 e. The van der Waals surface area contributed by atoms with E-state index in [1.807, 2.05) is 76.3 Å². The second-order valence-electron chi connectivity index (χ2n) is 6.76. The second-order valence-corrected chi connectivity index (χ2v) is 6.76. The van der Waals surface area contributed by atoms with E-state index >= 15 is 0 Å². The summed E-state index contributed by atoms with van der Waals surface area (Å²) in [5, 5.41) is 5.62. The Bertz CT molecular complexity index is 739. The first-order valence-electron chi connectivity index (χ1n) is 8.88. The minimum absolute atomic E-state index is 0.0322. The summed E-state index contributed by atoms with van der Waals surface area (Å²) >= 11 is 0. The summed E-state index contributed by atoms with van der Waals surface area (Å²) in [5.41, 5.74) is 4.00. The smallest absolute Gasteiger partial charge is 0.278 e. The summed E-state index contributed by atoms with van der Waals surface area (Å²) in [5.74, 6) is -0.348. The van der Waals surface area contributed by atoms with Crippen molar-refractivity contribution in [2.45, 2.75) is 33.4 Å². The van der Waals surface area contributed by atoms with Crippen LogP contribution in [0.15, 0.2) is 48.5 Å². The van der Waals surface area contributed by atoms with E-state index < -0.39 is 0 Å². The molecule has 2 atom stereocenters. The molecule has 0 aliphatic heterocycles. The maximum absolute atomic E-state index is 12.4. The van der Waals surface area contributed by atoms with E-state index in [1.54, 1.807) is 0 Å². The molecule has 5 nitrogen and oxygen atoms in total. The third-order valence-electron chi connectivity index (χ3n) is 4.63. The van der Waals surface area contributed by atoms with E-state index in [-0.39, 0.29) is 24.4 Å². The van der Waals surface area contributed by atoms with E-state index in [0.717, 1.165) is 28.3 Å². The summed E-state index contributed by atoms with van der Waals surface area (Å²) < 4.78 is 0. The van der Waals surface area contributed by atoms with Crippen molar-refractivity contribution in [3.05, 3.63) is 65.2 Å². The van der Waals surface area contributed by atoms with Gasteiger partial charge in [0.2, 0.25) is 5.91 Å². The maximum atomic E-state index is 12.4. The molecule has 0 aliphatic carbocycles. The fraction of sp³-hybridized carbons (Fsp3) is 0.333. The van der Waals surface area contributed by atoms with Crippen LogP contribution in [-0.4, -0.2) is 31.4 Å². The van der Waals surface area contributed by atoms with Crippen molar-refractivity contribution < 1.29 is 14.5 Å². The molecular weight excluding hydrogens is 326 g/mol. The molecule has 5 heteroatoms. The molecule has 2 aromatic carbocycles. The minimum Gasteiger partial charge on any atom is -0.342 e. The summed E-state index contributed by atoms with van der Waals surface area (Å²) in [6.07, 6.45) is 0. The number of hydrogen-bond donors (Lipinski definition) is 3. The van der Waals surface area contributed by atoms with Crippen LogP contribution in [0.4, 0.5) is 5.69 Å². The lowest BCUT2D eigenvalue weighted by molar-refractivity contribution is -0.908. The highest BCUT2D eigenvalue weighted by Gasteiger charge is 2.22. The van der Waals surface area contributed by atoms with E-state index in [2.05, 4.69) is 10.6 Å². The van der Waals surface area contributed by atoms with Crippen LogP contribution in [0.3, 0.4) is 0 Å². The average Bonchev–Trinajstić information content (AvgIpc) is 2.63. The number of quaternary nitrogens is 1. The number of hydrogen-bond acceptors (Lipinski definition) is 2. The number of para-hydroxylation sites is 1. The van der Waals surface area contributed by atoms with Gasteiger partial charge in [-0.3, -0.25) is 9.59 Å². The van der Waals surface area contributed by atoms with Gasteiger partial charge in [-0.1, -0.05) is 48.5 Å². The highest BCUT2D eigenvalue weighted by atomic mass is 16.2. The molecule has 3 N–H and O–H groups in total. The Labute approximate surface area is 155 Å². The number of aryl methyl sites for hydroxylation is 2. The van der Waals surface area contributed by atoms with Crippen molar-refractivity contribution in [3.8, 4) is 0 Å². The zero-order valence-electron chi connectivity index (χ0n) is 15.9. The van der Waals surface area contributed by atoms with Gasteiger partial charge in [-0.2, -0.15) is 0 Å². The Kier molecular flexibility index (Phi) is 6.92. The monoisotopic (exact) mass is 354 g/mol.